The van der Waals surface area contributed by atoms with Gasteiger partial charge in [0.2, 0.25) is 0 Å². The number of rotatable bonds is 5. The van der Waals surface area contributed by atoms with Crippen molar-refractivity contribution in [3.8, 4) is 0 Å². The summed E-state index contributed by atoms with van der Waals surface area (Å²) in [7, 11) is 0. The van der Waals surface area contributed by atoms with Gasteiger partial charge in [0.15, 0.2) is 0 Å². The maximum atomic E-state index is 10.3. The van der Waals surface area contributed by atoms with Gasteiger partial charge < -0.3 is 5.11 Å². The molecular formula is C9H16O2S. The predicted octanol–water partition coefficient (Wildman–Crippen LogP) is 2.38. The monoisotopic (exact) mass is 188 g/mol. The molecule has 0 spiro atoms. The summed E-state index contributed by atoms with van der Waals surface area (Å²) in [4.78, 5) is 10.3. The minimum atomic E-state index is -0.655. The minimum absolute atomic E-state index is 0.343. The van der Waals surface area contributed by atoms with Crippen molar-refractivity contribution in [1.29, 1.82) is 0 Å². The molecule has 0 aromatic carbocycles. The Kier molecular flexibility index (Phi) is 3.92. The Hall–Kier alpha value is -0.180. The minimum Gasteiger partial charge on any atom is -0.481 e. The largest absolute Gasteiger partial charge is 0.481 e. The van der Waals surface area contributed by atoms with Crippen LogP contribution in [-0.4, -0.2) is 22.1 Å². The van der Waals surface area contributed by atoms with Gasteiger partial charge in [-0.3, -0.25) is 4.79 Å². The maximum absolute atomic E-state index is 10.3. The van der Waals surface area contributed by atoms with Gasteiger partial charge in [-0.1, -0.05) is 13.3 Å². The van der Waals surface area contributed by atoms with Crippen LogP contribution >= 0.6 is 11.8 Å². The fourth-order valence-electron chi connectivity index (χ4n) is 1.59. The van der Waals surface area contributed by atoms with Gasteiger partial charge in [-0.15, -0.1) is 0 Å². The van der Waals surface area contributed by atoms with E-state index in [9.17, 15) is 4.79 Å². The van der Waals surface area contributed by atoms with Crippen molar-refractivity contribution in [3.05, 3.63) is 0 Å². The van der Waals surface area contributed by atoms with Gasteiger partial charge in [-0.25, -0.2) is 0 Å². The normalized spacial score (nSPS) is 24.6. The molecule has 1 N–H and O–H groups in total. The van der Waals surface area contributed by atoms with E-state index in [2.05, 4.69) is 6.92 Å². The van der Waals surface area contributed by atoms with Gasteiger partial charge in [-0.2, -0.15) is 11.8 Å². The predicted molar refractivity (Wildman–Crippen MR) is 51.5 cm³/mol. The first-order chi connectivity index (χ1) is 5.74. The first kappa shape index (κ1) is 9.90. The Morgan fingerprint density at radius 1 is 1.75 bits per heavy atom. The lowest BCUT2D eigenvalue weighted by molar-refractivity contribution is -0.137. The summed E-state index contributed by atoms with van der Waals surface area (Å²) in [6.45, 7) is 2.16. The smallest absolute Gasteiger partial charge is 0.303 e. The van der Waals surface area contributed by atoms with Gasteiger partial charge in [0.1, 0.15) is 0 Å². The van der Waals surface area contributed by atoms with Crippen molar-refractivity contribution >= 4 is 17.7 Å². The van der Waals surface area contributed by atoms with Crippen molar-refractivity contribution in [3.63, 3.8) is 0 Å². The summed E-state index contributed by atoms with van der Waals surface area (Å²) in [6.07, 6.45) is 3.63. The van der Waals surface area contributed by atoms with Crippen LogP contribution < -0.4 is 0 Å². The van der Waals surface area contributed by atoms with E-state index in [1.165, 1.54) is 12.2 Å². The highest BCUT2D eigenvalue weighted by Gasteiger charge is 2.26. The Bertz CT molecular complexity index is 155. The van der Waals surface area contributed by atoms with Gasteiger partial charge >= 0.3 is 5.97 Å². The van der Waals surface area contributed by atoms with E-state index in [0.29, 0.717) is 12.3 Å². The third-order valence-electron chi connectivity index (χ3n) is 2.51. The van der Waals surface area contributed by atoms with Crippen LogP contribution in [0.4, 0.5) is 0 Å². The molecule has 2 atom stereocenters. The molecule has 1 aliphatic rings. The summed E-state index contributed by atoms with van der Waals surface area (Å²) >= 11 is 2.00. The molecule has 0 aromatic rings. The average molecular weight is 188 g/mol. The second kappa shape index (κ2) is 4.75. The van der Waals surface area contributed by atoms with E-state index in [0.717, 1.165) is 18.1 Å². The summed E-state index contributed by atoms with van der Waals surface area (Å²) in [5.74, 6) is 1.26. The molecule has 1 heterocycles. The quantitative estimate of drug-likeness (QED) is 0.719. The number of hydrogen-bond acceptors (Lipinski definition) is 2. The number of carboxylic acids is 1. The highest BCUT2D eigenvalue weighted by Crippen LogP contribution is 2.37. The van der Waals surface area contributed by atoms with Crippen LogP contribution in [0.2, 0.25) is 0 Å². The summed E-state index contributed by atoms with van der Waals surface area (Å²) < 4.78 is 0. The molecule has 3 heteroatoms. The third-order valence-corrected chi connectivity index (χ3v) is 4.03. The van der Waals surface area contributed by atoms with E-state index in [1.807, 2.05) is 11.8 Å². The molecule has 0 aromatic heterocycles. The van der Waals surface area contributed by atoms with Crippen molar-refractivity contribution in [2.75, 3.05) is 5.75 Å². The molecule has 0 amide bonds. The van der Waals surface area contributed by atoms with Gasteiger partial charge in [0.25, 0.3) is 0 Å². The molecule has 0 radical (unpaired) electrons. The highest BCUT2D eigenvalue weighted by atomic mass is 32.2. The number of hydrogen-bond donors (Lipinski definition) is 1. The van der Waals surface area contributed by atoms with Crippen LogP contribution in [0.5, 0.6) is 0 Å². The number of aliphatic carboxylic acids is 1. The van der Waals surface area contributed by atoms with Crippen molar-refractivity contribution in [2.45, 2.75) is 37.9 Å². The van der Waals surface area contributed by atoms with Crippen LogP contribution in [0.1, 0.15) is 32.6 Å². The Balaban J connectivity index is 2.20. The highest BCUT2D eigenvalue weighted by molar-refractivity contribution is 8.01. The zero-order chi connectivity index (χ0) is 8.97. The van der Waals surface area contributed by atoms with Crippen molar-refractivity contribution in [2.24, 2.45) is 5.92 Å². The van der Waals surface area contributed by atoms with Crippen molar-refractivity contribution in [1.82, 2.24) is 0 Å². The first-order valence-corrected chi connectivity index (χ1v) is 5.62. The van der Waals surface area contributed by atoms with Crippen LogP contribution in [0.25, 0.3) is 0 Å². The lowest BCUT2D eigenvalue weighted by atomic mass is 9.94. The fourth-order valence-corrected chi connectivity index (χ4v) is 2.70. The lowest BCUT2D eigenvalue weighted by Gasteiger charge is -2.32. The molecule has 12 heavy (non-hydrogen) atoms. The zero-order valence-electron chi connectivity index (χ0n) is 7.45. The molecule has 0 saturated carbocycles. The summed E-state index contributed by atoms with van der Waals surface area (Å²) in [5.41, 5.74) is 0. The fraction of sp³-hybridized carbons (Fsp3) is 0.889. The third kappa shape index (κ3) is 2.70. The Morgan fingerprint density at radius 2 is 2.42 bits per heavy atom. The van der Waals surface area contributed by atoms with Gasteiger partial charge in [-0.05, 0) is 24.5 Å². The van der Waals surface area contributed by atoms with Crippen LogP contribution in [0, 0.1) is 5.92 Å². The van der Waals surface area contributed by atoms with E-state index in [1.54, 1.807) is 0 Å². The molecule has 1 saturated heterocycles. The summed E-state index contributed by atoms with van der Waals surface area (Å²) in [6, 6.07) is 0. The van der Waals surface area contributed by atoms with E-state index >= 15 is 0 Å². The molecule has 1 aliphatic heterocycles. The van der Waals surface area contributed by atoms with Gasteiger partial charge in [0, 0.05) is 11.7 Å². The Labute approximate surface area is 77.7 Å². The molecule has 1 rings (SSSR count). The molecule has 2 unspecified atom stereocenters. The number of carboxylic acid groups (broad SMARTS) is 1. The molecule has 1 fully saturated rings. The maximum Gasteiger partial charge on any atom is 0.303 e. The average Bonchev–Trinajstić information content (AvgIpc) is 1.93. The van der Waals surface area contributed by atoms with E-state index < -0.39 is 5.97 Å². The Morgan fingerprint density at radius 3 is 2.75 bits per heavy atom. The number of thioether (sulfide) groups is 1. The molecular weight excluding hydrogens is 172 g/mol. The molecule has 0 bridgehead atoms. The first-order valence-electron chi connectivity index (χ1n) is 4.57. The molecule has 70 valence electrons. The molecule has 0 aliphatic carbocycles. The molecule has 2 nitrogen and oxygen atoms in total. The van der Waals surface area contributed by atoms with E-state index in [4.69, 9.17) is 5.11 Å². The number of carbonyl (C=O) groups is 1. The van der Waals surface area contributed by atoms with Crippen LogP contribution in [0.3, 0.4) is 0 Å². The van der Waals surface area contributed by atoms with Crippen molar-refractivity contribution < 1.29 is 9.90 Å². The van der Waals surface area contributed by atoms with Crippen LogP contribution in [-0.2, 0) is 4.79 Å². The SMILES string of the molecule is CCC(CCC(=O)O)C1CCS1. The zero-order valence-corrected chi connectivity index (χ0v) is 8.27. The topological polar surface area (TPSA) is 37.3 Å². The second-order valence-electron chi connectivity index (χ2n) is 3.30. The lowest BCUT2D eigenvalue weighted by Crippen LogP contribution is -2.26. The van der Waals surface area contributed by atoms with Gasteiger partial charge in [0.05, 0.1) is 0 Å². The summed E-state index contributed by atoms with van der Waals surface area (Å²) in [5, 5.41) is 9.28. The van der Waals surface area contributed by atoms with Crippen LogP contribution in [0.15, 0.2) is 0 Å². The standard InChI is InChI=1S/C9H16O2S/c1-2-7(3-4-9(10)11)8-5-6-12-8/h7-8H,2-6H2,1H3,(H,10,11). The second-order valence-corrected chi connectivity index (χ2v) is 4.65. The van der Waals surface area contributed by atoms with E-state index in [-0.39, 0.29) is 0 Å².